The molecule has 3 nitrogen and oxygen atoms in total. The molecule has 0 aliphatic heterocycles. The van der Waals surface area contributed by atoms with Gasteiger partial charge < -0.3 is 9.79 Å². The van der Waals surface area contributed by atoms with E-state index in [1.165, 1.54) is 0 Å². The largest absolute Gasteiger partial charge is 1.00 e. The third-order valence-corrected chi connectivity index (χ3v) is 0. The van der Waals surface area contributed by atoms with E-state index < -0.39 is 8.25 Å². The monoisotopic (exact) mass is 194 g/mol. The number of rotatable bonds is 0. The van der Waals surface area contributed by atoms with Crippen molar-refractivity contribution < 1.29 is 162 Å². The molecular weight excluding hydrogens is 194 g/mol. The van der Waals surface area contributed by atoms with Gasteiger partial charge >= 0.3 is 148 Å². The van der Waals surface area contributed by atoms with Gasteiger partial charge in [0, 0.05) is 0 Å². The minimum absolute atomic E-state index is 0. The van der Waals surface area contributed by atoms with Crippen molar-refractivity contribution >= 4 is 8.25 Å². The first-order valence-corrected chi connectivity index (χ1v) is 1.64. The van der Waals surface area contributed by atoms with Gasteiger partial charge in [-0.15, -0.1) is 0 Å². The fourth-order valence-electron chi connectivity index (χ4n) is 0. The molecule has 0 atom stereocenters. The first-order chi connectivity index (χ1) is 1.73. The molecule has 0 unspecified atom stereocenters. The molecule has 0 rings (SSSR count). The molecular formula is Na5O3P+4. The summed E-state index contributed by atoms with van der Waals surface area (Å²) in [5.41, 5.74) is 0. The summed E-state index contributed by atoms with van der Waals surface area (Å²) in [6.45, 7) is 0. The molecule has 0 fully saturated rings. The maximum Gasteiger partial charge on any atom is 1.00 e. The van der Waals surface area contributed by atoms with E-state index in [9.17, 15) is 0 Å². The summed E-state index contributed by atoms with van der Waals surface area (Å²) in [6, 6.07) is 0. The normalized spacial score (nSPS) is 2.89. The fraction of sp³-hybridized carbons (Fsp3) is 0. The molecule has 9 heteroatoms. The standard InChI is InChI=1S/5Na.HO3P/c;;;;;1-4(2)3/h;;;;;(H,1,2,3)/q5*+1;/p-1. The topological polar surface area (TPSA) is 63.2 Å². The predicted octanol–water partition coefficient (Wildman–Crippen LogP) is -16.6. The second kappa shape index (κ2) is 29.2. The SMILES string of the molecule is O=[P+]([O-])[O-].[Na+].[Na+].[Na+].[Na+].[Na+]. The molecule has 24 valence electrons. The summed E-state index contributed by atoms with van der Waals surface area (Å²) >= 11 is 0. The van der Waals surface area contributed by atoms with Crippen LogP contribution in [0.4, 0.5) is 0 Å². The van der Waals surface area contributed by atoms with Crippen LogP contribution in [0.1, 0.15) is 0 Å². The molecule has 0 radical (unpaired) electrons. The zero-order chi connectivity index (χ0) is 3.58. The molecule has 0 N–H and O–H groups in total. The van der Waals surface area contributed by atoms with Crippen LogP contribution in [0.2, 0.25) is 0 Å². The molecule has 0 aliphatic rings. The summed E-state index contributed by atoms with van der Waals surface area (Å²) in [4.78, 5) is 17.0. The molecule has 0 saturated heterocycles. The number of hydrogen-bond acceptors (Lipinski definition) is 3. The van der Waals surface area contributed by atoms with Crippen molar-refractivity contribution in [2.45, 2.75) is 0 Å². The number of hydrogen-bond donors (Lipinski definition) is 0. The average Bonchev–Trinajstić information content (AvgIpc) is 0.811. The molecule has 0 spiro atoms. The van der Waals surface area contributed by atoms with Gasteiger partial charge in [-0.05, 0) is 0 Å². The van der Waals surface area contributed by atoms with E-state index in [2.05, 4.69) is 0 Å². The second-order valence-electron chi connectivity index (χ2n) is 0.224. The van der Waals surface area contributed by atoms with Gasteiger partial charge in [0.1, 0.15) is 0 Å². The maximum absolute atomic E-state index is 8.48. The van der Waals surface area contributed by atoms with Gasteiger partial charge in [0.05, 0.1) is 0 Å². The zero-order valence-electron chi connectivity index (χ0n) is 6.67. The van der Waals surface area contributed by atoms with Crippen molar-refractivity contribution in [3.8, 4) is 0 Å². The third-order valence-electron chi connectivity index (χ3n) is 0. The zero-order valence-corrected chi connectivity index (χ0v) is 17.6. The second-order valence-corrected chi connectivity index (χ2v) is 0.671. The van der Waals surface area contributed by atoms with Crippen LogP contribution in [0, 0.1) is 0 Å². The minimum atomic E-state index is -3.37. The van der Waals surface area contributed by atoms with Crippen LogP contribution >= 0.6 is 8.25 Å². The minimum Gasteiger partial charge on any atom is -0.598 e. The van der Waals surface area contributed by atoms with Crippen LogP contribution in [-0.2, 0) is 4.57 Å². The summed E-state index contributed by atoms with van der Waals surface area (Å²) < 4.78 is 8.48. The maximum atomic E-state index is 8.48. The Bertz CT molecular complexity index is 35.2. The van der Waals surface area contributed by atoms with E-state index in [1.54, 1.807) is 0 Å². The summed E-state index contributed by atoms with van der Waals surface area (Å²) in [5, 5.41) is 0. The predicted molar refractivity (Wildman–Crippen MR) is 7.61 cm³/mol. The van der Waals surface area contributed by atoms with Gasteiger partial charge in [-0.25, -0.2) is 0 Å². The quantitative estimate of drug-likeness (QED) is 0.284. The van der Waals surface area contributed by atoms with Gasteiger partial charge in [0.25, 0.3) is 8.25 Å². The molecule has 0 aromatic rings. The van der Waals surface area contributed by atoms with Crippen LogP contribution in [0.3, 0.4) is 0 Å². The molecule has 0 aromatic heterocycles. The Hall–Kier alpha value is 5.02. The van der Waals surface area contributed by atoms with E-state index in [0.29, 0.717) is 0 Å². The van der Waals surface area contributed by atoms with E-state index >= 15 is 0 Å². The Balaban J connectivity index is -0.00000000450. The summed E-state index contributed by atoms with van der Waals surface area (Å²) in [5.74, 6) is 0. The smallest absolute Gasteiger partial charge is 0.598 e. The molecule has 0 aromatic carbocycles. The van der Waals surface area contributed by atoms with E-state index in [4.69, 9.17) is 14.4 Å². The molecule has 9 heavy (non-hydrogen) atoms. The molecule has 0 heterocycles. The Kier molecular flexibility index (Phi) is 120. The van der Waals surface area contributed by atoms with Crippen molar-refractivity contribution in [2.75, 3.05) is 0 Å². The molecule has 0 bridgehead atoms. The van der Waals surface area contributed by atoms with Gasteiger partial charge in [-0.2, -0.15) is 0 Å². The van der Waals surface area contributed by atoms with E-state index in [-0.39, 0.29) is 148 Å². The van der Waals surface area contributed by atoms with Crippen molar-refractivity contribution in [3.05, 3.63) is 0 Å². The summed E-state index contributed by atoms with van der Waals surface area (Å²) in [7, 11) is -3.37. The van der Waals surface area contributed by atoms with E-state index in [0.717, 1.165) is 0 Å². The Labute approximate surface area is 166 Å². The van der Waals surface area contributed by atoms with Gasteiger partial charge in [0.2, 0.25) is 0 Å². The Morgan fingerprint density at radius 1 is 0.778 bits per heavy atom. The van der Waals surface area contributed by atoms with Crippen LogP contribution < -0.4 is 158 Å². The van der Waals surface area contributed by atoms with Gasteiger partial charge in [0.15, 0.2) is 0 Å². The molecule has 0 amide bonds. The van der Waals surface area contributed by atoms with Crippen molar-refractivity contribution in [2.24, 2.45) is 0 Å². The average molecular weight is 194 g/mol. The van der Waals surface area contributed by atoms with Crippen molar-refractivity contribution in [3.63, 3.8) is 0 Å². The fourth-order valence-corrected chi connectivity index (χ4v) is 0. The molecule has 0 saturated carbocycles. The van der Waals surface area contributed by atoms with Crippen molar-refractivity contribution in [1.82, 2.24) is 0 Å². The van der Waals surface area contributed by atoms with Crippen LogP contribution in [0.5, 0.6) is 0 Å². The van der Waals surface area contributed by atoms with Crippen LogP contribution in [0.25, 0.3) is 0 Å². The van der Waals surface area contributed by atoms with Crippen molar-refractivity contribution in [1.29, 1.82) is 0 Å². The van der Waals surface area contributed by atoms with E-state index in [1.807, 2.05) is 0 Å². The van der Waals surface area contributed by atoms with Gasteiger partial charge in [-0.3, -0.25) is 0 Å². The first kappa shape index (κ1) is 37.0. The third kappa shape index (κ3) is 62.7. The van der Waals surface area contributed by atoms with Crippen LogP contribution in [-0.4, -0.2) is 0 Å². The summed E-state index contributed by atoms with van der Waals surface area (Å²) in [6.07, 6.45) is 0. The Morgan fingerprint density at radius 2 is 0.778 bits per heavy atom. The van der Waals surface area contributed by atoms with Crippen LogP contribution in [0.15, 0.2) is 0 Å². The Morgan fingerprint density at radius 3 is 0.778 bits per heavy atom. The molecule has 0 aliphatic carbocycles. The first-order valence-electron chi connectivity index (χ1n) is 0.548. The van der Waals surface area contributed by atoms with Gasteiger partial charge in [-0.1, -0.05) is 4.57 Å².